The lowest BCUT2D eigenvalue weighted by molar-refractivity contribution is -0.128. The van der Waals surface area contributed by atoms with Crippen LogP contribution in [-0.4, -0.2) is 5.97 Å². The van der Waals surface area contributed by atoms with Crippen LogP contribution >= 0.6 is 0 Å². The molecule has 0 bridgehead atoms. The molecule has 0 spiro atoms. The van der Waals surface area contributed by atoms with E-state index in [2.05, 4.69) is 121 Å². The highest BCUT2D eigenvalue weighted by molar-refractivity contribution is 6.02. The molecular weight excluding hydrogens is 490 g/mol. The average Bonchev–Trinajstić information content (AvgIpc) is 3.33. The molecule has 3 nitrogen and oxygen atoms in total. The Bertz CT molecular complexity index is 1680. The first-order valence-electron chi connectivity index (χ1n) is 13.2. The number of ether oxygens (including phenoxy) is 1. The Morgan fingerprint density at radius 1 is 0.575 bits per heavy atom. The molecule has 0 aliphatic heterocycles. The number of hydrogen-bond acceptors (Lipinski definition) is 3. The Morgan fingerprint density at radius 3 is 1.60 bits per heavy atom. The number of carbonyl (C=O) groups is 1. The van der Waals surface area contributed by atoms with Gasteiger partial charge in [-0.25, -0.2) is 4.79 Å². The molecule has 0 unspecified atom stereocenters. The molecule has 1 aliphatic carbocycles. The number of rotatable bonds is 7. The quantitative estimate of drug-likeness (QED) is 0.0915. The molecule has 192 valence electrons. The summed E-state index contributed by atoms with van der Waals surface area (Å²) < 4.78 is 5.15. The minimum Gasteiger partial charge on any atom is -0.423 e. The Kier molecular flexibility index (Phi) is 6.93. The van der Waals surface area contributed by atoms with Crippen LogP contribution in [-0.2, 0) is 4.79 Å². The summed E-state index contributed by atoms with van der Waals surface area (Å²) >= 11 is 0. The first-order valence-corrected chi connectivity index (χ1v) is 13.2. The highest BCUT2D eigenvalue weighted by Crippen LogP contribution is 2.45. The van der Waals surface area contributed by atoms with E-state index in [0.717, 1.165) is 28.6 Å². The second-order valence-corrected chi connectivity index (χ2v) is 9.46. The van der Waals surface area contributed by atoms with Crippen LogP contribution < -0.4 is 9.64 Å². The molecule has 1 aliphatic rings. The Morgan fingerprint density at radius 2 is 1.05 bits per heavy atom. The van der Waals surface area contributed by atoms with Gasteiger partial charge < -0.3 is 9.64 Å². The highest BCUT2D eigenvalue weighted by Gasteiger charge is 2.23. The molecule has 40 heavy (non-hydrogen) atoms. The third kappa shape index (κ3) is 5.13. The third-order valence-corrected chi connectivity index (χ3v) is 6.92. The number of nitrogens with zero attached hydrogens (tertiary/aromatic N) is 1. The molecule has 0 radical (unpaired) electrons. The number of carbonyl (C=O) groups excluding carboxylic acids is 1. The maximum atomic E-state index is 11.4. The number of benzene rings is 5. The Labute approximate surface area is 234 Å². The molecule has 5 aromatic carbocycles. The van der Waals surface area contributed by atoms with Crippen molar-refractivity contribution < 1.29 is 9.53 Å². The van der Waals surface area contributed by atoms with E-state index in [4.69, 9.17) is 4.74 Å². The maximum Gasteiger partial charge on any atom is 0.335 e. The summed E-state index contributed by atoms with van der Waals surface area (Å²) in [7, 11) is 0. The fraction of sp³-hybridized carbons (Fsp3) is 0. The van der Waals surface area contributed by atoms with Crippen molar-refractivity contribution in [3.63, 3.8) is 0 Å². The predicted octanol–water partition coefficient (Wildman–Crippen LogP) is 9.16. The van der Waals surface area contributed by atoms with E-state index < -0.39 is 5.97 Å². The van der Waals surface area contributed by atoms with E-state index in [0.29, 0.717) is 5.75 Å². The summed E-state index contributed by atoms with van der Waals surface area (Å²) in [5.41, 5.74) is 10.5. The van der Waals surface area contributed by atoms with Gasteiger partial charge in [-0.15, -0.1) is 0 Å². The molecule has 3 heteroatoms. The minimum absolute atomic E-state index is 0.468. The maximum absolute atomic E-state index is 11.4. The molecule has 0 saturated heterocycles. The van der Waals surface area contributed by atoms with Gasteiger partial charge in [-0.3, -0.25) is 0 Å². The summed E-state index contributed by atoms with van der Waals surface area (Å²) in [6.07, 6.45) is 7.52. The molecule has 0 N–H and O–H groups in total. The first-order chi connectivity index (χ1) is 19.7. The van der Waals surface area contributed by atoms with Crippen LogP contribution in [0.2, 0.25) is 0 Å². The molecule has 0 heterocycles. The van der Waals surface area contributed by atoms with E-state index in [1.165, 1.54) is 27.8 Å². The van der Waals surface area contributed by atoms with Gasteiger partial charge in [0.25, 0.3) is 0 Å². The zero-order valence-electron chi connectivity index (χ0n) is 21.9. The Balaban J connectivity index is 1.30. The van der Waals surface area contributed by atoms with Gasteiger partial charge in [0.1, 0.15) is 5.75 Å². The molecule has 0 aromatic heterocycles. The topological polar surface area (TPSA) is 29.5 Å². The average molecular weight is 518 g/mol. The molecule has 0 atom stereocenters. The van der Waals surface area contributed by atoms with Crippen molar-refractivity contribution in [1.29, 1.82) is 0 Å². The molecule has 0 amide bonds. The van der Waals surface area contributed by atoms with Crippen LogP contribution in [0.4, 0.5) is 11.4 Å². The summed E-state index contributed by atoms with van der Waals surface area (Å²) in [6, 6.07) is 43.6. The van der Waals surface area contributed by atoms with Gasteiger partial charge in [0, 0.05) is 29.2 Å². The summed E-state index contributed by atoms with van der Waals surface area (Å²) in [6.45, 7) is 3.42. The van der Waals surface area contributed by atoms with Crippen LogP contribution in [0.1, 0.15) is 22.3 Å². The lowest BCUT2D eigenvalue weighted by Crippen LogP contribution is -2.09. The lowest BCUT2D eigenvalue weighted by Gasteiger charge is -2.22. The van der Waals surface area contributed by atoms with Gasteiger partial charge in [0.15, 0.2) is 0 Å². The van der Waals surface area contributed by atoms with Gasteiger partial charge in [-0.1, -0.05) is 110 Å². The Hall–Kier alpha value is -5.41. The molecular formula is C37H27NO2. The second kappa shape index (κ2) is 11.1. The monoisotopic (exact) mass is 517 g/mol. The van der Waals surface area contributed by atoms with Crippen molar-refractivity contribution in [3.05, 3.63) is 169 Å². The highest BCUT2D eigenvalue weighted by atomic mass is 16.5. The standard InChI is InChI=1S/C37H27NO2/c1-2-37(39)40-31-24-20-28(21-25-31)17-16-27-18-22-30(23-19-27)38(29-10-4-3-5-11-29)26-36-34-14-8-6-12-32(34)33-13-7-9-15-35(33)36/h2-26H,1H2. The van der Waals surface area contributed by atoms with Gasteiger partial charge in [-0.2, -0.15) is 0 Å². The van der Waals surface area contributed by atoms with Crippen molar-refractivity contribution in [2.24, 2.45) is 0 Å². The largest absolute Gasteiger partial charge is 0.423 e. The summed E-state index contributed by atoms with van der Waals surface area (Å²) in [5, 5.41) is 0. The van der Waals surface area contributed by atoms with E-state index in [9.17, 15) is 4.79 Å². The summed E-state index contributed by atoms with van der Waals surface area (Å²) in [5.74, 6) is 0.0268. The van der Waals surface area contributed by atoms with Crippen LogP contribution in [0.3, 0.4) is 0 Å². The van der Waals surface area contributed by atoms with Crippen LogP contribution in [0.25, 0.3) is 28.9 Å². The predicted molar refractivity (Wildman–Crippen MR) is 165 cm³/mol. The number of anilines is 2. The van der Waals surface area contributed by atoms with Crippen molar-refractivity contribution in [3.8, 4) is 16.9 Å². The van der Waals surface area contributed by atoms with E-state index in [1.807, 2.05) is 24.3 Å². The molecule has 5 aromatic rings. The number of hydrogen-bond donors (Lipinski definition) is 0. The van der Waals surface area contributed by atoms with E-state index in [1.54, 1.807) is 12.1 Å². The zero-order valence-corrected chi connectivity index (χ0v) is 21.9. The van der Waals surface area contributed by atoms with Crippen LogP contribution in [0, 0.1) is 0 Å². The van der Waals surface area contributed by atoms with Crippen molar-refractivity contribution in [2.45, 2.75) is 0 Å². The fourth-order valence-electron chi connectivity index (χ4n) is 4.95. The molecule has 6 rings (SSSR count). The SMILES string of the molecule is C=CC(=O)Oc1ccc(C=Cc2ccc(N(C=C3c4ccccc4-c4ccccc43)c3ccccc3)cc2)cc1. The van der Waals surface area contributed by atoms with Crippen molar-refractivity contribution in [2.75, 3.05) is 4.90 Å². The smallest absolute Gasteiger partial charge is 0.335 e. The van der Waals surface area contributed by atoms with Gasteiger partial charge in [0.2, 0.25) is 0 Å². The normalized spacial score (nSPS) is 11.6. The zero-order chi connectivity index (χ0) is 27.3. The summed E-state index contributed by atoms with van der Waals surface area (Å²) in [4.78, 5) is 13.6. The van der Waals surface area contributed by atoms with Gasteiger partial charge >= 0.3 is 5.97 Å². The molecule has 0 fully saturated rings. The number of esters is 1. The van der Waals surface area contributed by atoms with Crippen molar-refractivity contribution in [1.82, 2.24) is 0 Å². The first kappa shape index (κ1) is 24.9. The van der Waals surface area contributed by atoms with Gasteiger partial charge in [-0.05, 0) is 69.8 Å². The lowest BCUT2D eigenvalue weighted by atomic mass is 10.0. The number of para-hydroxylation sites is 1. The van der Waals surface area contributed by atoms with Crippen LogP contribution in [0.15, 0.2) is 146 Å². The molecule has 0 saturated carbocycles. The second-order valence-electron chi connectivity index (χ2n) is 9.46. The van der Waals surface area contributed by atoms with E-state index in [-0.39, 0.29) is 0 Å². The van der Waals surface area contributed by atoms with Crippen LogP contribution in [0.5, 0.6) is 5.75 Å². The third-order valence-electron chi connectivity index (χ3n) is 6.92. The van der Waals surface area contributed by atoms with Gasteiger partial charge in [0.05, 0.1) is 0 Å². The van der Waals surface area contributed by atoms with E-state index >= 15 is 0 Å². The minimum atomic E-state index is -0.468. The van der Waals surface area contributed by atoms with Crippen molar-refractivity contribution >= 4 is 35.1 Å². The number of fused-ring (bicyclic) bond motifs is 3. The fourth-order valence-corrected chi connectivity index (χ4v) is 4.95.